The smallest absolute Gasteiger partial charge is 0.174 e. The quantitative estimate of drug-likeness (QED) is 0.529. The highest BCUT2D eigenvalue weighted by Crippen LogP contribution is 1.91. The molecule has 1 atom stereocenters. The van der Waals surface area contributed by atoms with E-state index in [1.807, 2.05) is 0 Å². The maximum Gasteiger partial charge on any atom is 0.174 e. The number of ketones is 1. The summed E-state index contributed by atoms with van der Waals surface area (Å²) in [4.78, 5) is 10.6. The SMILES string of the molecule is C=C(C)C(=O)C(C)N. The van der Waals surface area contributed by atoms with Crippen LogP contribution in [0, 0.1) is 0 Å². The summed E-state index contributed by atoms with van der Waals surface area (Å²) < 4.78 is 0. The van der Waals surface area contributed by atoms with Crippen molar-refractivity contribution < 1.29 is 4.79 Å². The van der Waals surface area contributed by atoms with Gasteiger partial charge in [-0.25, -0.2) is 0 Å². The van der Waals surface area contributed by atoms with E-state index < -0.39 is 6.04 Å². The Balaban J connectivity index is 3.84. The predicted molar refractivity (Wildman–Crippen MR) is 33.5 cm³/mol. The molecule has 0 aromatic heterocycles. The first-order valence-corrected chi connectivity index (χ1v) is 2.51. The van der Waals surface area contributed by atoms with Crippen LogP contribution in [0.4, 0.5) is 0 Å². The fraction of sp³-hybridized carbons (Fsp3) is 0.500. The monoisotopic (exact) mass is 113 g/mol. The zero-order valence-electron chi connectivity index (χ0n) is 5.27. The first-order valence-electron chi connectivity index (χ1n) is 2.51. The van der Waals surface area contributed by atoms with Crippen molar-refractivity contribution in [2.24, 2.45) is 5.73 Å². The van der Waals surface area contributed by atoms with Gasteiger partial charge in [0.15, 0.2) is 5.78 Å². The molecule has 0 heterocycles. The second kappa shape index (κ2) is 2.62. The van der Waals surface area contributed by atoms with Gasteiger partial charge in [0.05, 0.1) is 6.04 Å². The molecule has 2 N–H and O–H groups in total. The highest BCUT2D eigenvalue weighted by Gasteiger charge is 2.05. The van der Waals surface area contributed by atoms with Gasteiger partial charge >= 0.3 is 0 Å². The van der Waals surface area contributed by atoms with Gasteiger partial charge in [0.25, 0.3) is 0 Å². The van der Waals surface area contributed by atoms with Gasteiger partial charge in [0.2, 0.25) is 0 Å². The molecule has 0 amide bonds. The summed E-state index contributed by atoms with van der Waals surface area (Å²) in [6, 6.07) is -0.396. The van der Waals surface area contributed by atoms with Crippen LogP contribution in [0.5, 0.6) is 0 Å². The molecule has 1 unspecified atom stereocenters. The highest BCUT2D eigenvalue weighted by atomic mass is 16.1. The number of Topliss-reactive ketones (excluding diaryl/α,β-unsaturated/α-hetero) is 1. The van der Waals surface area contributed by atoms with E-state index in [1.165, 1.54) is 0 Å². The van der Waals surface area contributed by atoms with Gasteiger partial charge in [-0.3, -0.25) is 4.79 Å². The Labute approximate surface area is 49.4 Å². The third-order valence-corrected chi connectivity index (χ3v) is 0.834. The average Bonchev–Trinajstić information content (AvgIpc) is 1.64. The van der Waals surface area contributed by atoms with Crippen molar-refractivity contribution in [3.05, 3.63) is 12.2 Å². The van der Waals surface area contributed by atoms with Crippen LogP contribution in [0.1, 0.15) is 13.8 Å². The fourth-order valence-electron chi connectivity index (χ4n) is 0.389. The molecule has 0 aromatic rings. The van der Waals surface area contributed by atoms with Crippen LogP contribution in [0.3, 0.4) is 0 Å². The Morgan fingerprint density at radius 3 is 2.12 bits per heavy atom. The molecule has 0 bridgehead atoms. The third kappa shape index (κ3) is 1.89. The Bertz CT molecular complexity index is 116. The molecule has 0 spiro atoms. The lowest BCUT2D eigenvalue weighted by Crippen LogP contribution is -2.26. The van der Waals surface area contributed by atoms with Crippen LogP contribution in [0.15, 0.2) is 12.2 Å². The summed E-state index contributed by atoms with van der Waals surface area (Å²) >= 11 is 0. The largest absolute Gasteiger partial charge is 0.321 e. The van der Waals surface area contributed by atoms with Crippen LogP contribution in [0.2, 0.25) is 0 Å². The van der Waals surface area contributed by atoms with Crippen LogP contribution in [-0.4, -0.2) is 11.8 Å². The van der Waals surface area contributed by atoms with Crippen molar-refractivity contribution in [1.29, 1.82) is 0 Å². The number of hydrogen-bond donors (Lipinski definition) is 1. The second-order valence-corrected chi connectivity index (χ2v) is 1.93. The fourth-order valence-corrected chi connectivity index (χ4v) is 0.389. The molecule has 0 aliphatic carbocycles. The summed E-state index contributed by atoms with van der Waals surface area (Å²) in [5.74, 6) is -0.0648. The summed E-state index contributed by atoms with van der Waals surface area (Å²) in [6.45, 7) is 6.76. The minimum atomic E-state index is -0.396. The maximum absolute atomic E-state index is 10.6. The van der Waals surface area contributed by atoms with Crippen LogP contribution >= 0.6 is 0 Å². The molecule has 2 heteroatoms. The molecule has 0 saturated carbocycles. The van der Waals surface area contributed by atoms with Crippen molar-refractivity contribution in [3.63, 3.8) is 0 Å². The number of nitrogens with two attached hydrogens (primary N) is 1. The molecule has 0 aromatic carbocycles. The third-order valence-electron chi connectivity index (χ3n) is 0.834. The lowest BCUT2D eigenvalue weighted by Gasteiger charge is -2.00. The van der Waals surface area contributed by atoms with Crippen molar-refractivity contribution >= 4 is 5.78 Å². The van der Waals surface area contributed by atoms with Gasteiger partial charge in [-0.2, -0.15) is 0 Å². The first kappa shape index (κ1) is 7.37. The minimum absolute atomic E-state index is 0.0648. The van der Waals surface area contributed by atoms with E-state index in [1.54, 1.807) is 13.8 Å². The molecule has 0 fully saturated rings. The van der Waals surface area contributed by atoms with Gasteiger partial charge in [-0.1, -0.05) is 6.58 Å². The van der Waals surface area contributed by atoms with Crippen LogP contribution in [-0.2, 0) is 4.79 Å². The van der Waals surface area contributed by atoms with Crippen molar-refractivity contribution in [3.8, 4) is 0 Å². The summed E-state index contributed by atoms with van der Waals surface area (Å²) in [7, 11) is 0. The standard InChI is InChI=1S/C6H11NO/c1-4(2)6(8)5(3)7/h5H,1,7H2,2-3H3. The average molecular weight is 113 g/mol. The molecular formula is C6H11NO. The predicted octanol–water partition coefficient (Wildman–Crippen LogP) is 0.479. The number of hydrogen-bond acceptors (Lipinski definition) is 2. The lowest BCUT2D eigenvalue weighted by molar-refractivity contribution is -0.116. The molecule has 46 valence electrons. The van der Waals surface area contributed by atoms with Gasteiger partial charge in [0, 0.05) is 0 Å². The van der Waals surface area contributed by atoms with E-state index in [0.29, 0.717) is 5.57 Å². The van der Waals surface area contributed by atoms with Gasteiger partial charge < -0.3 is 5.73 Å². The van der Waals surface area contributed by atoms with E-state index in [9.17, 15) is 4.79 Å². The van der Waals surface area contributed by atoms with Gasteiger partial charge in [0.1, 0.15) is 0 Å². The molecule has 0 saturated heterocycles. The number of carbonyl (C=O) groups is 1. The lowest BCUT2D eigenvalue weighted by atomic mass is 10.1. The summed E-state index contributed by atoms with van der Waals surface area (Å²) in [5, 5.41) is 0. The zero-order chi connectivity index (χ0) is 6.73. The molecule has 0 aliphatic heterocycles. The Hall–Kier alpha value is -0.630. The number of carbonyl (C=O) groups excluding carboxylic acids is 1. The maximum atomic E-state index is 10.6. The van der Waals surface area contributed by atoms with Crippen molar-refractivity contribution in [2.75, 3.05) is 0 Å². The van der Waals surface area contributed by atoms with E-state index in [-0.39, 0.29) is 5.78 Å². The Kier molecular flexibility index (Phi) is 2.42. The topological polar surface area (TPSA) is 43.1 Å². The Morgan fingerprint density at radius 2 is 2.12 bits per heavy atom. The van der Waals surface area contributed by atoms with E-state index in [0.717, 1.165) is 0 Å². The normalized spacial score (nSPS) is 12.9. The van der Waals surface area contributed by atoms with Gasteiger partial charge in [-0.15, -0.1) is 0 Å². The molecule has 8 heavy (non-hydrogen) atoms. The van der Waals surface area contributed by atoms with Crippen LogP contribution in [0.25, 0.3) is 0 Å². The van der Waals surface area contributed by atoms with Crippen molar-refractivity contribution in [1.82, 2.24) is 0 Å². The van der Waals surface area contributed by atoms with Crippen LogP contribution < -0.4 is 5.73 Å². The zero-order valence-corrected chi connectivity index (χ0v) is 5.27. The Morgan fingerprint density at radius 1 is 1.75 bits per heavy atom. The minimum Gasteiger partial charge on any atom is -0.321 e. The molecule has 0 aliphatic rings. The molecular weight excluding hydrogens is 102 g/mol. The molecule has 0 radical (unpaired) electrons. The van der Waals surface area contributed by atoms with Gasteiger partial charge in [-0.05, 0) is 19.4 Å². The molecule has 2 nitrogen and oxygen atoms in total. The second-order valence-electron chi connectivity index (χ2n) is 1.93. The first-order chi connectivity index (χ1) is 3.55. The van der Waals surface area contributed by atoms with E-state index in [2.05, 4.69) is 6.58 Å². The van der Waals surface area contributed by atoms with Crippen molar-refractivity contribution in [2.45, 2.75) is 19.9 Å². The highest BCUT2D eigenvalue weighted by molar-refractivity contribution is 5.97. The van der Waals surface area contributed by atoms with E-state index >= 15 is 0 Å². The van der Waals surface area contributed by atoms with E-state index in [4.69, 9.17) is 5.73 Å². The summed E-state index contributed by atoms with van der Waals surface area (Å²) in [6.07, 6.45) is 0. The molecule has 0 rings (SSSR count). The number of rotatable bonds is 2. The summed E-state index contributed by atoms with van der Waals surface area (Å²) in [5.41, 5.74) is 5.75.